The second-order valence-corrected chi connectivity index (χ2v) is 6.42. The summed E-state index contributed by atoms with van der Waals surface area (Å²) in [6, 6.07) is 0. The van der Waals surface area contributed by atoms with Crippen LogP contribution in [0.15, 0.2) is 0 Å². The quantitative estimate of drug-likeness (QED) is 0.883. The number of fused-ring (bicyclic) bond motifs is 1. The van der Waals surface area contributed by atoms with Crippen LogP contribution < -0.4 is 5.32 Å². The molecule has 5 heteroatoms. The summed E-state index contributed by atoms with van der Waals surface area (Å²) in [5.74, 6) is 1.89. The molecule has 0 aliphatic rings. The molecule has 0 aliphatic heterocycles. The number of rotatable bonds is 6. The van der Waals surface area contributed by atoms with Gasteiger partial charge in [0.1, 0.15) is 16.5 Å². The van der Waals surface area contributed by atoms with E-state index >= 15 is 0 Å². The van der Waals surface area contributed by atoms with E-state index in [1.807, 2.05) is 0 Å². The number of nitrogens with zero attached hydrogens (tertiary/aromatic N) is 3. The Kier molecular flexibility index (Phi) is 4.94. The molecule has 0 unspecified atom stereocenters. The van der Waals surface area contributed by atoms with Crippen LogP contribution in [0.4, 0.5) is 5.82 Å². The van der Waals surface area contributed by atoms with Crippen LogP contribution in [0, 0.1) is 13.8 Å². The summed E-state index contributed by atoms with van der Waals surface area (Å²) in [5, 5.41) is 4.58. The van der Waals surface area contributed by atoms with Crippen molar-refractivity contribution in [2.45, 2.75) is 40.7 Å². The lowest BCUT2D eigenvalue weighted by Crippen LogP contribution is -2.20. The van der Waals surface area contributed by atoms with Gasteiger partial charge in [0.05, 0.1) is 11.9 Å². The summed E-state index contributed by atoms with van der Waals surface area (Å²) in [4.78, 5) is 14.2. The van der Waals surface area contributed by atoms with Gasteiger partial charge in [-0.3, -0.25) is 4.90 Å². The topological polar surface area (TPSA) is 41.1 Å². The number of thiophene rings is 1. The Morgan fingerprint density at radius 1 is 1.20 bits per heavy atom. The number of hydrogen-bond donors (Lipinski definition) is 1. The monoisotopic (exact) mass is 292 g/mol. The van der Waals surface area contributed by atoms with E-state index in [1.165, 1.54) is 15.8 Å². The molecule has 1 N–H and O–H groups in total. The van der Waals surface area contributed by atoms with Crippen LogP contribution >= 0.6 is 11.3 Å². The van der Waals surface area contributed by atoms with Crippen LogP contribution in [0.3, 0.4) is 0 Å². The first-order valence-electron chi connectivity index (χ1n) is 7.25. The van der Waals surface area contributed by atoms with Crippen molar-refractivity contribution < 1.29 is 0 Å². The van der Waals surface area contributed by atoms with Crippen LogP contribution in [-0.4, -0.2) is 35.0 Å². The van der Waals surface area contributed by atoms with E-state index in [0.29, 0.717) is 0 Å². The van der Waals surface area contributed by atoms with Gasteiger partial charge in [-0.25, -0.2) is 9.97 Å². The molecule has 0 spiro atoms. The second-order valence-electron chi connectivity index (χ2n) is 5.22. The third kappa shape index (κ3) is 3.10. The Hall–Kier alpha value is -1.20. The Morgan fingerprint density at radius 2 is 1.95 bits per heavy atom. The molecule has 20 heavy (non-hydrogen) atoms. The maximum atomic E-state index is 4.75. The molecular formula is C15H24N4S. The average molecular weight is 292 g/mol. The van der Waals surface area contributed by atoms with Crippen LogP contribution in [0.2, 0.25) is 0 Å². The predicted molar refractivity (Wildman–Crippen MR) is 87.7 cm³/mol. The summed E-state index contributed by atoms with van der Waals surface area (Å²) in [6.45, 7) is 11.4. The van der Waals surface area contributed by atoms with Crippen molar-refractivity contribution in [1.29, 1.82) is 0 Å². The van der Waals surface area contributed by atoms with Crippen molar-refractivity contribution in [2.24, 2.45) is 0 Å². The first-order chi connectivity index (χ1) is 9.56. The molecule has 0 radical (unpaired) electrons. The second kappa shape index (κ2) is 6.50. The van der Waals surface area contributed by atoms with Crippen molar-refractivity contribution in [3.63, 3.8) is 0 Å². The summed E-state index contributed by atoms with van der Waals surface area (Å²) in [7, 11) is 2.12. The number of hydrogen-bond acceptors (Lipinski definition) is 5. The maximum absolute atomic E-state index is 4.75. The lowest BCUT2D eigenvalue weighted by atomic mass is 10.2. The first-order valence-corrected chi connectivity index (χ1v) is 8.07. The highest BCUT2D eigenvalue weighted by Crippen LogP contribution is 2.33. The zero-order valence-electron chi connectivity index (χ0n) is 13.1. The molecule has 110 valence electrons. The number of aryl methyl sites for hydroxylation is 2. The minimum Gasteiger partial charge on any atom is -0.370 e. The fourth-order valence-electron chi connectivity index (χ4n) is 2.36. The zero-order chi connectivity index (χ0) is 14.7. The number of nitrogens with one attached hydrogen (secondary N) is 1. The molecule has 2 aromatic rings. The predicted octanol–water partition coefficient (Wildman–Crippen LogP) is 3.58. The Balaban J connectivity index is 2.42. The molecule has 0 aliphatic carbocycles. The van der Waals surface area contributed by atoms with Gasteiger partial charge in [0.25, 0.3) is 0 Å². The lowest BCUT2D eigenvalue weighted by Gasteiger charge is -2.15. The van der Waals surface area contributed by atoms with Gasteiger partial charge in [0, 0.05) is 11.4 Å². The van der Waals surface area contributed by atoms with E-state index in [-0.39, 0.29) is 0 Å². The average Bonchev–Trinajstić information content (AvgIpc) is 2.65. The Morgan fingerprint density at radius 3 is 2.60 bits per heavy atom. The normalized spacial score (nSPS) is 11.5. The van der Waals surface area contributed by atoms with Gasteiger partial charge in [-0.15, -0.1) is 11.3 Å². The maximum Gasteiger partial charge on any atom is 0.146 e. The highest BCUT2D eigenvalue weighted by atomic mass is 32.1. The molecule has 0 bridgehead atoms. The molecule has 2 rings (SSSR count). The van der Waals surface area contributed by atoms with E-state index in [0.717, 1.165) is 42.5 Å². The van der Waals surface area contributed by atoms with Crippen molar-refractivity contribution in [3.8, 4) is 0 Å². The van der Waals surface area contributed by atoms with Crippen LogP contribution in [-0.2, 0) is 6.54 Å². The number of anilines is 1. The van der Waals surface area contributed by atoms with E-state index in [4.69, 9.17) is 9.97 Å². The van der Waals surface area contributed by atoms with Crippen LogP contribution in [0.5, 0.6) is 0 Å². The summed E-state index contributed by atoms with van der Waals surface area (Å²) in [6.07, 6.45) is 1.15. The highest BCUT2D eigenvalue weighted by Gasteiger charge is 2.14. The lowest BCUT2D eigenvalue weighted by molar-refractivity contribution is 0.319. The van der Waals surface area contributed by atoms with E-state index in [2.05, 4.69) is 45.0 Å². The van der Waals surface area contributed by atoms with Gasteiger partial charge < -0.3 is 5.32 Å². The molecule has 0 amide bonds. The molecule has 0 saturated carbocycles. The largest absolute Gasteiger partial charge is 0.370 e. The van der Waals surface area contributed by atoms with Gasteiger partial charge in [-0.05, 0) is 46.3 Å². The third-order valence-electron chi connectivity index (χ3n) is 3.44. The van der Waals surface area contributed by atoms with Crippen molar-refractivity contribution in [2.75, 3.05) is 25.5 Å². The fraction of sp³-hybridized carbons (Fsp3) is 0.600. The fourth-order valence-corrected chi connectivity index (χ4v) is 3.41. The molecule has 0 fully saturated rings. The summed E-state index contributed by atoms with van der Waals surface area (Å²) < 4.78 is 0. The van der Waals surface area contributed by atoms with E-state index in [1.54, 1.807) is 11.3 Å². The molecule has 0 atom stereocenters. The zero-order valence-corrected chi connectivity index (χ0v) is 13.9. The summed E-state index contributed by atoms with van der Waals surface area (Å²) in [5.41, 5.74) is 1.30. The molecule has 2 heterocycles. The van der Waals surface area contributed by atoms with Gasteiger partial charge in [0.15, 0.2) is 0 Å². The third-order valence-corrected chi connectivity index (χ3v) is 4.54. The molecular weight excluding hydrogens is 268 g/mol. The number of aromatic nitrogens is 2. The first kappa shape index (κ1) is 15.2. The molecule has 0 aromatic carbocycles. The Labute approximate surface area is 125 Å². The van der Waals surface area contributed by atoms with E-state index in [9.17, 15) is 0 Å². The van der Waals surface area contributed by atoms with Gasteiger partial charge in [-0.2, -0.15) is 0 Å². The van der Waals surface area contributed by atoms with Crippen molar-refractivity contribution >= 4 is 27.4 Å². The Bertz CT molecular complexity index is 591. The van der Waals surface area contributed by atoms with Gasteiger partial charge in [-0.1, -0.05) is 6.92 Å². The minimum absolute atomic E-state index is 0.804. The molecule has 4 nitrogen and oxygen atoms in total. The molecule has 0 saturated heterocycles. The SMILES string of the molecule is CCCN(C)Cc1nc(NCC)c2c(C)c(C)sc2n1. The van der Waals surface area contributed by atoms with Crippen molar-refractivity contribution in [3.05, 3.63) is 16.3 Å². The standard InChI is InChI=1S/C15H24N4S/c1-6-8-19(5)9-12-17-14(16-7-2)13-10(3)11(4)20-15(13)18-12/h6-9H2,1-5H3,(H,16,17,18). The molecule has 2 aromatic heterocycles. The summed E-state index contributed by atoms with van der Waals surface area (Å²) >= 11 is 1.76. The smallest absolute Gasteiger partial charge is 0.146 e. The van der Waals surface area contributed by atoms with Crippen LogP contribution in [0.1, 0.15) is 36.5 Å². The minimum atomic E-state index is 0.804. The van der Waals surface area contributed by atoms with E-state index < -0.39 is 0 Å². The van der Waals surface area contributed by atoms with Crippen molar-refractivity contribution in [1.82, 2.24) is 14.9 Å². The van der Waals surface area contributed by atoms with Gasteiger partial charge >= 0.3 is 0 Å². The highest BCUT2D eigenvalue weighted by molar-refractivity contribution is 7.18. The van der Waals surface area contributed by atoms with Crippen LogP contribution in [0.25, 0.3) is 10.2 Å². The van der Waals surface area contributed by atoms with Gasteiger partial charge in [0.2, 0.25) is 0 Å².